The van der Waals surface area contributed by atoms with Crippen molar-refractivity contribution in [1.82, 2.24) is 19.2 Å². The number of aromatic nitrogens is 4. The second-order valence-electron chi connectivity index (χ2n) is 5.51. The summed E-state index contributed by atoms with van der Waals surface area (Å²) in [7, 11) is 0. The Morgan fingerprint density at radius 2 is 2.24 bits per heavy atom. The number of hydrogen-bond acceptors (Lipinski definition) is 6. The summed E-state index contributed by atoms with van der Waals surface area (Å²) >= 11 is 3.34. The lowest BCUT2D eigenvalue weighted by Crippen LogP contribution is -2.26. The number of hydrogen-bond donors (Lipinski definition) is 0. The average Bonchev–Trinajstić information content (AvgIpc) is 3.06. The van der Waals surface area contributed by atoms with Gasteiger partial charge in [0.2, 0.25) is 5.78 Å². The smallest absolute Gasteiger partial charge is 0.326 e. The van der Waals surface area contributed by atoms with E-state index in [1.165, 1.54) is 4.52 Å². The number of fused-ring (bicyclic) bond motifs is 1. The van der Waals surface area contributed by atoms with E-state index in [0.717, 1.165) is 5.57 Å². The van der Waals surface area contributed by atoms with E-state index in [-0.39, 0.29) is 18.1 Å². The topological polar surface area (TPSA) is 87.7 Å². The van der Waals surface area contributed by atoms with Crippen LogP contribution in [0.5, 0.6) is 0 Å². The monoisotopic (exact) mass is 410 g/mol. The predicted octanol–water partition coefficient (Wildman–Crippen LogP) is 1.58. The molecule has 1 aliphatic heterocycles. The Hall–Kier alpha value is -2.00. The van der Waals surface area contributed by atoms with Gasteiger partial charge in [-0.3, -0.25) is 9.59 Å². The number of esters is 1. The van der Waals surface area contributed by atoms with Crippen LogP contribution in [-0.2, 0) is 27.2 Å². The highest BCUT2D eigenvalue weighted by molar-refractivity contribution is 9.10. The fraction of sp³-hybridized carbons (Fsp3) is 0.500. The molecule has 0 spiro atoms. The first-order valence-electron chi connectivity index (χ1n) is 8.17. The molecule has 0 amide bonds. The lowest BCUT2D eigenvalue weighted by molar-refractivity contribution is -0.143. The van der Waals surface area contributed by atoms with E-state index < -0.39 is 0 Å². The predicted molar refractivity (Wildman–Crippen MR) is 94.4 cm³/mol. The fourth-order valence-corrected chi connectivity index (χ4v) is 3.45. The highest BCUT2D eigenvalue weighted by atomic mass is 79.9. The number of ether oxygens (including phenoxy) is 2. The van der Waals surface area contributed by atoms with Gasteiger partial charge in [0.25, 0.3) is 5.56 Å². The van der Waals surface area contributed by atoms with Gasteiger partial charge in [0.15, 0.2) is 5.82 Å². The molecule has 1 aliphatic rings. The molecule has 8 nitrogen and oxygen atoms in total. The van der Waals surface area contributed by atoms with E-state index in [4.69, 9.17) is 9.47 Å². The lowest BCUT2D eigenvalue weighted by Gasteiger charge is -2.14. The fourth-order valence-electron chi connectivity index (χ4n) is 2.78. The van der Waals surface area contributed by atoms with Gasteiger partial charge in [-0.1, -0.05) is 13.0 Å². The van der Waals surface area contributed by atoms with Crippen molar-refractivity contribution in [2.45, 2.75) is 33.2 Å². The zero-order valence-electron chi connectivity index (χ0n) is 14.1. The molecule has 0 saturated heterocycles. The van der Waals surface area contributed by atoms with Gasteiger partial charge in [-0.25, -0.2) is 0 Å². The molecule has 0 unspecified atom stereocenters. The summed E-state index contributed by atoms with van der Waals surface area (Å²) in [5, 5.41) is 4.35. The van der Waals surface area contributed by atoms with Crippen LogP contribution in [0.4, 0.5) is 0 Å². The van der Waals surface area contributed by atoms with Crippen LogP contribution in [-0.4, -0.2) is 45.0 Å². The Bertz CT molecular complexity index is 900. The zero-order chi connectivity index (χ0) is 18.0. The summed E-state index contributed by atoms with van der Waals surface area (Å²) in [5.41, 5.74) is 1.33. The summed E-state index contributed by atoms with van der Waals surface area (Å²) < 4.78 is 13.6. The molecular formula is C16H19BrN4O4. The molecule has 0 aromatic carbocycles. The molecule has 0 N–H and O–H groups in total. The molecular weight excluding hydrogens is 392 g/mol. The van der Waals surface area contributed by atoms with Gasteiger partial charge in [-0.2, -0.15) is 9.50 Å². The van der Waals surface area contributed by atoms with E-state index in [9.17, 15) is 9.59 Å². The van der Waals surface area contributed by atoms with Gasteiger partial charge in [-0.15, -0.1) is 5.10 Å². The summed E-state index contributed by atoms with van der Waals surface area (Å²) in [6.07, 6.45) is 3.16. The van der Waals surface area contributed by atoms with Crippen LogP contribution >= 0.6 is 15.9 Å². The van der Waals surface area contributed by atoms with Gasteiger partial charge in [0.05, 0.1) is 19.8 Å². The summed E-state index contributed by atoms with van der Waals surface area (Å²) in [5.74, 6) is 0.433. The van der Waals surface area contributed by atoms with Crippen LogP contribution in [0.1, 0.15) is 31.8 Å². The van der Waals surface area contributed by atoms with Crippen molar-refractivity contribution in [2.75, 3.05) is 19.8 Å². The van der Waals surface area contributed by atoms with Crippen LogP contribution in [0, 0.1) is 0 Å². The summed E-state index contributed by atoms with van der Waals surface area (Å²) in [6, 6.07) is 0. The third-order valence-corrected chi connectivity index (χ3v) is 4.77. The Morgan fingerprint density at radius 1 is 1.44 bits per heavy atom. The second kappa shape index (κ2) is 7.49. The molecule has 2 aromatic rings. The largest absolute Gasteiger partial charge is 0.465 e. The molecule has 9 heteroatoms. The molecule has 25 heavy (non-hydrogen) atoms. The minimum atomic E-state index is -0.385. The first kappa shape index (κ1) is 17.8. The summed E-state index contributed by atoms with van der Waals surface area (Å²) in [4.78, 5) is 29.1. The number of carbonyl (C=O) groups excluding carboxylic acids is 1. The standard InChI is InChI=1S/C16H19BrN4O4/c1-3-11-13(17)15(23)21-16(20(11)9-12(22)25-4-2)18-14(19-21)10-5-7-24-8-6-10/h5H,3-4,6-9H2,1-2H3. The normalized spacial score (nSPS) is 14.6. The third-order valence-electron chi connectivity index (χ3n) is 3.97. The molecule has 3 heterocycles. The molecule has 2 aromatic heterocycles. The van der Waals surface area contributed by atoms with Gasteiger partial charge in [0, 0.05) is 5.69 Å². The van der Waals surface area contributed by atoms with Crippen LogP contribution in [0.25, 0.3) is 11.4 Å². The van der Waals surface area contributed by atoms with E-state index in [2.05, 4.69) is 26.0 Å². The Labute approximate surface area is 152 Å². The SMILES string of the molecule is CCOC(=O)Cn1c(CC)c(Br)c(=O)n2nc(C3=CCOCC3)nc12. The van der Waals surface area contributed by atoms with Crippen molar-refractivity contribution in [1.29, 1.82) is 0 Å². The Kier molecular flexibility index (Phi) is 5.33. The van der Waals surface area contributed by atoms with E-state index in [1.54, 1.807) is 11.5 Å². The molecule has 0 fully saturated rings. The lowest BCUT2D eigenvalue weighted by atomic mass is 10.1. The maximum Gasteiger partial charge on any atom is 0.326 e. The molecule has 0 saturated carbocycles. The van der Waals surface area contributed by atoms with Crippen LogP contribution in [0.15, 0.2) is 15.3 Å². The van der Waals surface area contributed by atoms with E-state index in [1.807, 2.05) is 13.0 Å². The van der Waals surface area contributed by atoms with E-state index >= 15 is 0 Å². The zero-order valence-corrected chi connectivity index (χ0v) is 15.7. The van der Waals surface area contributed by atoms with Crippen molar-refractivity contribution in [3.8, 4) is 0 Å². The molecule has 134 valence electrons. The maximum atomic E-state index is 12.6. The van der Waals surface area contributed by atoms with Crippen molar-refractivity contribution in [3.63, 3.8) is 0 Å². The van der Waals surface area contributed by atoms with Crippen molar-refractivity contribution >= 4 is 33.3 Å². The molecule has 0 bridgehead atoms. The summed E-state index contributed by atoms with van der Waals surface area (Å²) in [6.45, 7) is 5.03. The first-order chi connectivity index (χ1) is 12.1. The Balaban J connectivity index is 2.18. The van der Waals surface area contributed by atoms with E-state index in [0.29, 0.717) is 54.4 Å². The van der Waals surface area contributed by atoms with Crippen LogP contribution in [0.2, 0.25) is 0 Å². The highest BCUT2D eigenvalue weighted by Gasteiger charge is 2.21. The van der Waals surface area contributed by atoms with Gasteiger partial charge in [-0.05, 0) is 41.3 Å². The highest BCUT2D eigenvalue weighted by Crippen LogP contribution is 2.21. The molecule has 3 rings (SSSR count). The van der Waals surface area contributed by atoms with Crippen molar-refractivity contribution in [2.24, 2.45) is 0 Å². The van der Waals surface area contributed by atoms with Gasteiger partial charge in [0.1, 0.15) is 11.0 Å². The minimum Gasteiger partial charge on any atom is -0.465 e. The number of halogens is 1. The van der Waals surface area contributed by atoms with Gasteiger partial charge < -0.3 is 14.0 Å². The number of carbonyl (C=O) groups is 1. The third kappa shape index (κ3) is 3.38. The molecule has 0 aliphatic carbocycles. The van der Waals surface area contributed by atoms with Crippen LogP contribution in [0.3, 0.4) is 0 Å². The molecule has 0 atom stereocenters. The van der Waals surface area contributed by atoms with Crippen molar-refractivity contribution < 1.29 is 14.3 Å². The minimum absolute atomic E-state index is 0.0281. The quantitative estimate of drug-likeness (QED) is 0.695. The van der Waals surface area contributed by atoms with Gasteiger partial charge >= 0.3 is 5.97 Å². The van der Waals surface area contributed by atoms with Crippen LogP contribution < -0.4 is 5.56 Å². The second-order valence-corrected chi connectivity index (χ2v) is 6.31. The molecule has 0 radical (unpaired) electrons. The maximum absolute atomic E-state index is 12.6. The Morgan fingerprint density at radius 3 is 2.88 bits per heavy atom. The van der Waals surface area contributed by atoms with Crippen molar-refractivity contribution in [3.05, 3.63) is 32.4 Å². The number of rotatable bonds is 5. The first-order valence-corrected chi connectivity index (χ1v) is 8.96. The number of nitrogens with zero attached hydrogens (tertiary/aromatic N) is 4. The average molecular weight is 411 g/mol.